The zero-order valence-corrected chi connectivity index (χ0v) is 13.8. The van der Waals surface area contributed by atoms with Crippen LogP contribution in [-0.4, -0.2) is 34.2 Å². The second-order valence-electron chi connectivity index (χ2n) is 6.33. The van der Waals surface area contributed by atoms with E-state index in [0.29, 0.717) is 19.5 Å². The second-order valence-corrected chi connectivity index (χ2v) is 6.33. The van der Waals surface area contributed by atoms with E-state index in [4.69, 9.17) is 9.84 Å². The van der Waals surface area contributed by atoms with Gasteiger partial charge in [0.2, 0.25) is 0 Å². The predicted octanol–water partition coefficient (Wildman–Crippen LogP) is 3.60. The molecule has 0 radical (unpaired) electrons. The van der Waals surface area contributed by atoms with E-state index in [1.165, 1.54) is 0 Å². The number of carboxylic acids is 1. The molecule has 1 rings (SSSR count). The van der Waals surface area contributed by atoms with Gasteiger partial charge in [-0.1, -0.05) is 24.3 Å². The summed E-state index contributed by atoms with van der Waals surface area (Å²) < 4.78 is 5.41. The van der Waals surface area contributed by atoms with E-state index in [9.17, 15) is 9.59 Å². The zero-order valence-electron chi connectivity index (χ0n) is 13.8. The van der Waals surface area contributed by atoms with Crippen LogP contribution in [0.2, 0.25) is 0 Å². The van der Waals surface area contributed by atoms with Gasteiger partial charge >= 0.3 is 12.1 Å². The second kappa shape index (κ2) is 7.82. The molecule has 122 valence electrons. The Morgan fingerprint density at radius 2 is 1.86 bits per heavy atom. The van der Waals surface area contributed by atoms with Crippen LogP contribution in [0.25, 0.3) is 0 Å². The average molecular weight is 307 g/mol. The lowest BCUT2D eigenvalue weighted by Crippen LogP contribution is -2.37. The van der Waals surface area contributed by atoms with Crippen molar-refractivity contribution in [1.29, 1.82) is 0 Å². The van der Waals surface area contributed by atoms with E-state index >= 15 is 0 Å². The molecular weight excluding hydrogens is 282 g/mol. The summed E-state index contributed by atoms with van der Waals surface area (Å²) in [7, 11) is 0. The molecule has 1 amide bonds. The minimum atomic E-state index is -0.861. The van der Waals surface area contributed by atoms with Gasteiger partial charge in [0.1, 0.15) is 5.60 Å². The summed E-state index contributed by atoms with van der Waals surface area (Å²) in [5, 5.41) is 8.75. The van der Waals surface area contributed by atoms with Crippen LogP contribution in [0.15, 0.2) is 24.3 Å². The van der Waals surface area contributed by atoms with Crippen LogP contribution in [0.1, 0.15) is 44.7 Å². The minimum Gasteiger partial charge on any atom is -0.481 e. The minimum absolute atomic E-state index is 0.0348. The monoisotopic (exact) mass is 307 g/mol. The first-order valence-corrected chi connectivity index (χ1v) is 7.43. The molecule has 0 bridgehead atoms. The summed E-state index contributed by atoms with van der Waals surface area (Å²) in [6, 6.07) is 7.82. The number of benzene rings is 1. The maximum absolute atomic E-state index is 12.3. The van der Waals surface area contributed by atoms with Gasteiger partial charge in [-0.3, -0.25) is 4.79 Å². The number of hydrogen-bond acceptors (Lipinski definition) is 3. The molecule has 22 heavy (non-hydrogen) atoms. The lowest BCUT2D eigenvalue weighted by molar-refractivity contribution is -0.137. The lowest BCUT2D eigenvalue weighted by Gasteiger charge is -2.28. The Balaban J connectivity index is 2.79. The molecule has 0 saturated carbocycles. The van der Waals surface area contributed by atoms with E-state index < -0.39 is 17.7 Å². The molecule has 0 saturated heterocycles. The average Bonchev–Trinajstić information content (AvgIpc) is 2.37. The Bertz CT molecular complexity index is 520. The van der Waals surface area contributed by atoms with Gasteiger partial charge in [-0.15, -0.1) is 0 Å². The molecular formula is C17H25NO4. The molecule has 0 aromatic heterocycles. The molecule has 0 unspecified atom stereocenters. The van der Waals surface area contributed by atoms with Gasteiger partial charge in [0.15, 0.2) is 0 Å². The first-order chi connectivity index (χ1) is 10.2. The summed E-state index contributed by atoms with van der Waals surface area (Å²) in [6.07, 6.45) is 0.0224. The SMILES string of the molecule is Cc1ccccc1CN(CCCC(=O)O)C(=O)OC(C)(C)C. The van der Waals surface area contributed by atoms with Crippen molar-refractivity contribution in [3.05, 3.63) is 35.4 Å². The van der Waals surface area contributed by atoms with E-state index in [1.54, 1.807) is 4.90 Å². The van der Waals surface area contributed by atoms with Crippen molar-refractivity contribution in [2.45, 2.75) is 52.7 Å². The molecule has 0 aliphatic carbocycles. The first-order valence-electron chi connectivity index (χ1n) is 7.43. The molecule has 1 aromatic carbocycles. The van der Waals surface area contributed by atoms with Gasteiger partial charge in [-0.25, -0.2) is 4.79 Å². The number of carbonyl (C=O) groups excluding carboxylic acids is 1. The van der Waals surface area contributed by atoms with Crippen molar-refractivity contribution in [1.82, 2.24) is 4.90 Å². The number of nitrogens with zero attached hydrogens (tertiary/aromatic N) is 1. The van der Waals surface area contributed by atoms with Crippen LogP contribution in [0.3, 0.4) is 0 Å². The van der Waals surface area contributed by atoms with Crippen molar-refractivity contribution in [2.75, 3.05) is 6.54 Å². The van der Waals surface area contributed by atoms with Gasteiger partial charge < -0.3 is 14.7 Å². The van der Waals surface area contributed by atoms with Gasteiger partial charge in [0.05, 0.1) is 0 Å². The summed E-state index contributed by atoms with van der Waals surface area (Å²) in [5.41, 5.74) is 1.55. The van der Waals surface area contributed by atoms with Crippen LogP contribution in [-0.2, 0) is 16.1 Å². The highest BCUT2D eigenvalue weighted by atomic mass is 16.6. The van der Waals surface area contributed by atoms with Crippen molar-refractivity contribution in [2.24, 2.45) is 0 Å². The highest BCUT2D eigenvalue weighted by Crippen LogP contribution is 2.15. The third-order valence-electron chi connectivity index (χ3n) is 3.09. The van der Waals surface area contributed by atoms with Crippen molar-refractivity contribution >= 4 is 12.1 Å². The third-order valence-corrected chi connectivity index (χ3v) is 3.09. The van der Waals surface area contributed by atoms with Crippen LogP contribution < -0.4 is 0 Å². The summed E-state index contributed by atoms with van der Waals surface area (Å²) in [5.74, 6) is -0.861. The molecule has 0 spiro atoms. The quantitative estimate of drug-likeness (QED) is 0.872. The molecule has 0 aliphatic rings. The lowest BCUT2D eigenvalue weighted by atomic mass is 10.1. The van der Waals surface area contributed by atoms with E-state index in [1.807, 2.05) is 52.0 Å². The van der Waals surface area contributed by atoms with E-state index in [-0.39, 0.29) is 6.42 Å². The zero-order chi connectivity index (χ0) is 16.8. The number of rotatable bonds is 6. The molecule has 0 fully saturated rings. The van der Waals surface area contributed by atoms with Crippen LogP contribution in [0.4, 0.5) is 4.79 Å². The van der Waals surface area contributed by atoms with Crippen LogP contribution >= 0.6 is 0 Å². The van der Waals surface area contributed by atoms with Crippen molar-refractivity contribution < 1.29 is 19.4 Å². The molecule has 1 aromatic rings. The van der Waals surface area contributed by atoms with Crippen molar-refractivity contribution in [3.63, 3.8) is 0 Å². The highest BCUT2D eigenvalue weighted by Gasteiger charge is 2.22. The maximum Gasteiger partial charge on any atom is 0.410 e. The van der Waals surface area contributed by atoms with Gasteiger partial charge in [-0.2, -0.15) is 0 Å². The van der Waals surface area contributed by atoms with Crippen LogP contribution in [0.5, 0.6) is 0 Å². The Labute approximate surface area is 131 Å². The first kappa shape index (κ1) is 18.0. The molecule has 0 atom stereocenters. The van der Waals surface area contributed by atoms with Crippen LogP contribution in [0, 0.1) is 6.92 Å². The Kier molecular flexibility index (Phi) is 6.40. The smallest absolute Gasteiger partial charge is 0.410 e. The largest absolute Gasteiger partial charge is 0.481 e. The molecule has 0 aliphatic heterocycles. The van der Waals surface area contributed by atoms with Gasteiger partial charge in [0.25, 0.3) is 0 Å². The van der Waals surface area contributed by atoms with Gasteiger partial charge in [0, 0.05) is 19.5 Å². The fraction of sp³-hybridized carbons (Fsp3) is 0.529. The number of carboxylic acid groups (broad SMARTS) is 1. The standard InChI is InChI=1S/C17H25NO4/c1-13-8-5-6-9-14(13)12-18(11-7-10-15(19)20)16(21)22-17(2,3)4/h5-6,8-9H,7,10-12H2,1-4H3,(H,19,20). The Morgan fingerprint density at radius 1 is 1.23 bits per heavy atom. The topological polar surface area (TPSA) is 66.8 Å². The molecule has 0 heterocycles. The van der Waals surface area contributed by atoms with Crippen molar-refractivity contribution in [3.8, 4) is 0 Å². The van der Waals surface area contributed by atoms with E-state index in [2.05, 4.69) is 0 Å². The fourth-order valence-electron chi connectivity index (χ4n) is 1.98. The number of carbonyl (C=O) groups is 2. The molecule has 5 nitrogen and oxygen atoms in total. The Morgan fingerprint density at radius 3 is 2.41 bits per heavy atom. The number of amides is 1. The van der Waals surface area contributed by atoms with Gasteiger partial charge in [-0.05, 0) is 45.2 Å². The molecule has 1 N–H and O–H groups in total. The summed E-state index contributed by atoms with van der Waals surface area (Å²) in [4.78, 5) is 24.5. The third kappa shape index (κ3) is 6.61. The van der Waals surface area contributed by atoms with E-state index in [0.717, 1.165) is 11.1 Å². The number of hydrogen-bond donors (Lipinski definition) is 1. The number of aliphatic carboxylic acids is 1. The normalized spacial score (nSPS) is 11.1. The summed E-state index contributed by atoms with van der Waals surface area (Å²) in [6.45, 7) is 8.20. The summed E-state index contributed by atoms with van der Waals surface area (Å²) >= 11 is 0. The highest BCUT2D eigenvalue weighted by molar-refractivity contribution is 5.69. The number of ether oxygens (including phenoxy) is 1. The fourth-order valence-corrected chi connectivity index (χ4v) is 1.98. The number of aryl methyl sites for hydroxylation is 1. The Hall–Kier alpha value is -2.04. The predicted molar refractivity (Wildman–Crippen MR) is 84.7 cm³/mol. The maximum atomic E-state index is 12.3. The molecule has 5 heteroatoms.